The van der Waals surface area contributed by atoms with E-state index in [1.807, 2.05) is 27.7 Å². The molecule has 21 heavy (non-hydrogen) atoms. The summed E-state index contributed by atoms with van der Waals surface area (Å²) in [5, 5.41) is 14.6. The third-order valence-corrected chi connectivity index (χ3v) is 2.52. The lowest BCUT2D eigenvalue weighted by Gasteiger charge is -2.19. The number of hydrogen-bond donors (Lipinski definition) is 3. The molecule has 1 rings (SSSR count). The molecule has 0 radical (unpaired) electrons. The maximum absolute atomic E-state index is 11.6. The molecule has 0 atom stereocenters. The lowest BCUT2D eigenvalue weighted by atomic mass is 10.2. The van der Waals surface area contributed by atoms with Crippen molar-refractivity contribution in [3.8, 4) is 0 Å². The first-order chi connectivity index (χ1) is 9.73. The normalized spacial score (nSPS) is 12.1. The summed E-state index contributed by atoms with van der Waals surface area (Å²) in [4.78, 5) is 15.8. The zero-order chi connectivity index (χ0) is 16.0. The van der Waals surface area contributed by atoms with Crippen LogP contribution in [-0.2, 0) is 9.53 Å². The molecular formula is C14H22N4O3. The molecule has 0 saturated heterocycles. The maximum Gasteiger partial charge on any atom is 0.308 e. The van der Waals surface area contributed by atoms with E-state index in [9.17, 15) is 4.79 Å². The highest BCUT2D eigenvalue weighted by molar-refractivity contribution is 5.97. The molecule has 0 aromatic carbocycles. The lowest BCUT2D eigenvalue weighted by molar-refractivity contribution is -0.154. The number of amidine groups is 1. The molecule has 4 N–H and O–H groups in total. The third-order valence-electron chi connectivity index (χ3n) is 2.52. The number of pyridine rings is 1. The van der Waals surface area contributed by atoms with E-state index in [2.05, 4.69) is 15.5 Å². The Kier molecular flexibility index (Phi) is 5.52. The molecular weight excluding hydrogens is 272 g/mol. The van der Waals surface area contributed by atoms with Gasteiger partial charge in [0.1, 0.15) is 11.4 Å². The zero-order valence-corrected chi connectivity index (χ0v) is 12.8. The topological polar surface area (TPSA) is 110 Å². The van der Waals surface area contributed by atoms with Crippen LogP contribution in [0.5, 0.6) is 0 Å². The summed E-state index contributed by atoms with van der Waals surface area (Å²) >= 11 is 0. The first-order valence-electron chi connectivity index (χ1n) is 6.63. The second-order valence-electron chi connectivity index (χ2n) is 5.64. The van der Waals surface area contributed by atoms with Crippen molar-refractivity contribution in [3.05, 3.63) is 23.4 Å². The third kappa shape index (κ3) is 5.68. The molecule has 0 unspecified atom stereocenters. The van der Waals surface area contributed by atoms with E-state index in [0.29, 0.717) is 17.9 Å². The van der Waals surface area contributed by atoms with Crippen LogP contribution in [0.15, 0.2) is 17.4 Å². The van der Waals surface area contributed by atoms with Gasteiger partial charge >= 0.3 is 5.97 Å². The Morgan fingerprint density at radius 2 is 2.19 bits per heavy atom. The van der Waals surface area contributed by atoms with E-state index in [-0.39, 0.29) is 18.2 Å². The second-order valence-corrected chi connectivity index (χ2v) is 5.64. The number of nitrogens with one attached hydrogen (secondary N) is 1. The van der Waals surface area contributed by atoms with E-state index < -0.39 is 5.60 Å². The molecule has 0 aliphatic rings. The van der Waals surface area contributed by atoms with Crippen molar-refractivity contribution < 1.29 is 14.7 Å². The van der Waals surface area contributed by atoms with Gasteiger partial charge in [-0.15, -0.1) is 0 Å². The minimum absolute atomic E-state index is 0.00547. The SMILES string of the molecule is Cc1cc(/C(N)=N\O)cnc1NCCC(=O)OC(C)(C)C. The fourth-order valence-electron chi connectivity index (χ4n) is 1.63. The molecule has 0 saturated carbocycles. The number of aryl methyl sites for hydroxylation is 1. The second kappa shape index (κ2) is 6.92. The summed E-state index contributed by atoms with van der Waals surface area (Å²) < 4.78 is 5.21. The van der Waals surface area contributed by atoms with Crippen LogP contribution in [-0.4, -0.2) is 34.1 Å². The quantitative estimate of drug-likeness (QED) is 0.250. The highest BCUT2D eigenvalue weighted by atomic mass is 16.6. The fourth-order valence-corrected chi connectivity index (χ4v) is 1.63. The number of carbonyl (C=O) groups excluding carboxylic acids is 1. The Labute approximate surface area is 124 Å². The van der Waals surface area contributed by atoms with Crippen LogP contribution in [0.3, 0.4) is 0 Å². The van der Waals surface area contributed by atoms with Crippen LogP contribution in [0.2, 0.25) is 0 Å². The number of anilines is 1. The Balaban J connectivity index is 2.55. The largest absolute Gasteiger partial charge is 0.460 e. The monoisotopic (exact) mass is 294 g/mol. The minimum atomic E-state index is -0.478. The van der Waals surface area contributed by atoms with E-state index in [1.165, 1.54) is 6.20 Å². The number of rotatable bonds is 5. The van der Waals surface area contributed by atoms with Gasteiger partial charge in [0.05, 0.1) is 6.42 Å². The lowest BCUT2D eigenvalue weighted by Crippen LogP contribution is -2.25. The van der Waals surface area contributed by atoms with Crippen molar-refractivity contribution in [2.75, 3.05) is 11.9 Å². The molecule has 0 aliphatic carbocycles. The molecule has 0 aliphatic heterocycles. The predicted molar refractivity (Wildman–Crippen MR) is 80.4 cm³/mol. The van der Waals surface area contributed by atoms with Gasteiger partial charge in [0, 0.05) is 18.3 Å². The summed E-state index contributed by atoms with van der Waals surface area (Å²) in [7, 11) is 0. The maximum atomic E-state index is 11.6. The Hall–Kier alpha value is -2.31. The van der Waals surface area contributed by atoms with E-state index in [0.717, 1.165) is 5.56 Å². The summed E-state index contributed by atoms with van der Waals surface area (Å²) in [5.41, 5.74) is 6.38. The van der Waals surface area contributed by atoms with Gasteiger partial charge < -0.3 is 21.0 Å². The van der Waals surface area contributed by atoms with Crippen molar-refractivity contribution in [1.82, 2.24) is 4.98 Å². The average molecular weight is 294 g/mol. The molecule has 0 fully saturated rings. The first-order valence-corrected chi connectivity index (χ1v) is 6.63. The average Bonchev–Trinajstić information content (AvgIpc) is 2.37. The Morgan fingerprint density at radius 3 is 2.71 bits per heavy atom. The van der Waals surface area contributed by atoms with Crippen LogP contribution in [0, 0.1) is 6.92 Å². The van der Waals surface area contributed by atoms with Crippen LogP contribution in [0.1, 0.15) is 38.3 Å². The van der Waals surface area contributed by atoms with Crippen molar-refractivity contribution in [2.24, 2.45) is 10.9 Å². The van der Waals surface area contributed by atoms with Crippen molar-refractivity contribution in [1.29, 1.82) is 0 Å². The summed E-state index contributed by atoms with van der Waals surface area (Å²) in [6, 6.07) is 1.75. The van der Waals surface area contributed by atoms with E-state index in [1.54, 1.807) is 6.07 Å². The minimum Gasteiger partial charge on any atom is -0.460 e. The number of ether oxygens (including phenoxy) is 1. The number of carbonyl (C=O) groups is 1. The zero-order valence-electron chi connectivity index (χ0n) is 12.8. The van der Waals surface area contributed by atoms with Gasteiger partial charge in [0.2, 0.25) is 0 Å². The molecule has 7 nitrogen and oxygen atoms in total. The summed E-state index contributed by atoms with van der Waals surface area (Å²) in [5.74, 6) is 0.389. The standard InChI is InChI=1S/C14H22N4O3/c1-9-7-10(12(15)18-20)8-17-13(9)16-6-5-11(19)21-14(2,3)4/h7-8,20H,5-6H2,1-4H3,(H2,15,18)(H,16,17). The number of hydrogen-bond acceptors (Lipinski definition) is 6. The van der Waals surface area contributed by atoms with Crippen LogP contribution in [0.25, 0.3) is 0 Å². The highest BCUT2D eigenvalue weighted by Crippen LogP contribution is 2.13. The van der Waals surface area contributed by atoms with Gasteiger partial charge in [-0.25, -0.2) is 4.98 Å². The van der Waals surface area contributed by atoms with Gasteiger partial charge in [0.25, 0.3) is 0 Å². The van der Waals surface area contributed by atoms with Gasteiger partial charge in [0.15, 0.2) is 5.84 Å². The molecule has 7 heteroatoms. The number of nitrogens with zero attached hydrogens (tertiary/aromatic N) is 2. The number of esters is 1. The van der Waals surface area contributed by atoms with Crippen LogP contribution < -0.4 is 11.1 Å². The smallest absolute Gasteiger partial charge is 0.308 e. The summed E-state index contributed by atoms with van der Waals surface area (Å²) in [6.45, 7) is 7.75. The fraction of sp³-hybridized carbons (Fsp3) is 0.500. The van der Waals surface area contributed by atoms with Crippen molar-refractivity contribution in [2.45, 2.75) is 39.7 Å². The van der Waals surface area contributed by atoms with E-state index in [4.69, 9.17) is 15.7 Å². The summed E-state index contributed by atoms with van der Waals surface area (Å²) in [6.07, 6.45) is 1.75. The Bertz CT molecular complexity index is 536. The molecule has 0 bridgehead atoms. The first kappa shape index (κ1) is 16.7. The molecule has 0 amide bonds. The molecule has 1 heterocycles. The van der Waals surface area contributed by atoms with Gasteiger partial charge in [-0.05, 0) is 39.3 Å². The van der Waals surface area contributed by atoms with Gasteiger partial charge in [-0.3, -0.25) is 4.79 Å². The van der Waals surface area contributed by atoms with Gasteiger partial charge in [-0.2, -0.15) is 0 Å². The van der Waals surface area contributed by atoms with E-state index >= 15 is 0 Å². The molecule has 1 aromatic heterocycles. The number of nitrogens with two attached hydrogens (primary N) is 1. The van der Waals surface area contributed by atoms with Crippen LogP contribution >= 0.6 is 0 Å². The number of aromatic nitrogens is 1. The van der Waals surface area contributed by atoms with Crippen molar-refractivity contribution >= 4 is 17.6 Å². The molecule has 1 aromatic rings. The van der Waals surface area contributed by atoms with Crippen molar-refractivity contribution in [3.63, 3.8) is 0 Å². The van der Waals surface area contributed by atoms with Crippen LogP contribution in [0.4, 0.5) is 5.82 Å². The predicted octanol–water partition coefficient (Wildman–Crippen LogP) is 1.63. The molecule has 0 spiro atoms. The number of oxime groups is 1. The Morgan fingerprint density at radius 1 is 1.52 bits per heavy atom. The van der Waals surface area contributed by atoms with Gasteiger partial charge in [-0.1, -0.05) is 5.16 Å². The highest BCUT2D eigenvalue weighted by Gasteiger charge is 2.15. The molecule has 116 valence electrons.